The molecule has 1 aromatic carbocycles. The number of aromatic nitrogens is 2. The molecule has 2 rings (SSSR count). The van der Waals surface area contributed by atoms with Crippen LogP contribution in [0.2, 0.25) is 0 Å². The zero-order valence-corrected chi connectivity index (χ0v) is 11.7. The van der Waals surface area contributed by atoms with Gasteiger partial charge in [-0.15, -0.1) is 0 Å². The van der Waals surface area contributed by atoms with Crippen LogP contribution >= 0.6 is 12.6 Å². The molecule has 0 saturated heterocycles. The van der Waals surface area contributed by atoms with Crippen LogP contribution in [0.4, 0.5) is 0 Å². The average molecular weight is 275 g/mol. The molecule has 1 unspecified atom stereocenters. The second kappa shape index (κ2) is 6.43. The third-order valence-corrected chi connectivity index (χ3v) is 3.22. The largest absolute Gasteiger partial charge is 0.350 e. The highest BCUT2D eigenvalue weighted by molar-refractivity contribution is 7.80. The first-order valence-corrected chi connectivity index (χ1v) is 6.85. The number of aromatic amines is 1. The minimum absolute atomic E-state index is 0.170. The minimum Gasteiger partial charge on any atom is -0.350 e. The summed E-state index contributed by atoms with van der Waals surface area (Å²) in [6.45, 7) is 2.62. The van der Waals surface area contributed by atoms with Gasteiger partial charge in [0.1, 0.15) is 5.69 Å². The van der Waals surface area contributed by atoms with E-state index in [1.54, 1.807) is 6.07 Å². The minimum atomic E-state index is -0.170. The lowest BCUT2D eigenvalue weighted by atomic mass is 9.98. The summed E-state index contributed by atoms with van der Waals surface area (Å²) in [4.78, 5) is 11.7. The highest BCUT2D eigenvalue weighted by Gasteiger charge is 2.14. The Hall–Kier alpha value is -1.75. The van der Waals surface area contributed by atoms with E-state index in [0.717, 1.165) is 5.69 Å². The van der Waals surface area contributed by atoms with Gasteiger partial charge in [0.2, 0.25) is 0 Å². The quantitative estimate of drug-likeness (QED) is 0.733. The molecule has 2 N–H and O–H groups in total. The zero-order valence-electron chi connectivity index (χ0n) is 10.8. The molecule has 0 fully saturated rings. The molecule has 100 valence electrons. The van der Waals surface area contributed by atoms with E-state index in [0.29, 0.717) is 18.0 Å². The van der Waals surface area contributed by atoms with Crippen molar-refractivity contribution >= 4 is 18.5 Å². The predicted molar refractivity (Wildman–Crippen MR) is 78.7 cm³/mol. The summed E-state index contributed by atoms with van der Waals surface area (Å²) in [6, 6.07) is 11.9. The van der Waals surface area contributed by atoms with E-state index in [-0.39, 0.29) is 11.8 Å². The molecule has 0 bridgehead atoms. The zero-order chi connectivity index (χ0) is 13.7. The topological polar surface area (TPSA) is 57.8 Å². The Morgan fingerprint density at radius 3 is 2.84 bits per heavy atom. The second-order valence-electron chi connectivity index (χ2n) is 4.32. The number of carbonyl (C=O) groups excluding carboxylic acids is 1. The molecule has 0 radical (unpaired) electrons. The number of rotatable bonds is 5. The van der Waals surface area contributed by atoms with Crippen LogP contribution in [0.15, 0.2) is 36.4 Å². The van der Waals surface area contributed by atoms with Gasteiger partial charge in [-0.1, -0.05) is 37.3 Å². The van der Waals surface area contributed by atoms with Crippen molar-refractivity contribution in [2.45, 2.75) is 12.8 Å². The SMILES string of the molecule is CC(c1ccccc1)c1cc(C(=O)NCCS)n[nH]1. The van der Waals surface area contributed by atoms with E-state index in [2.05, 4.69) is 47.2 Å². The third kappa shape index (κ3) is 3.38. The van der Waals surface area contributed by atoms with Crippen molar-refractivity contribution in [3.63, 3.8) is 0 Å². The molecule has 19 heavy (non-hydrogen) atoms. The van der Waals surface area contributed by atoms with Crippen LogP contribution in [0, 0.1) is 0 Å². The van der Waals surface area contributed by atoms with Crippen LogP contribution in [0.3, 0.4) is 0 Å². The lowest BCUT2D eigenvalue weighted by Crippen LogP contribution is -2.25. The normalized spacial score (nSPS) is 12.1. The summed E-state index contributed by atoms with van der Waals surface area (Å²) in [6.07, 6.45) is 0. The summed E-state index contributed by atoms with van der Waals surface area (Å²) in [5.74, 6) is 0.626. The maximum Gasteiger partial charge on any atom is 0.271 e. The highest BCUT2D eigenvalue weighted by Crippen LogP contribution is 2.22. The summed E-state index contributed by atoms with van der Waals surface area (Å²) in [7, 11) is 0. The smallest absolute Gasteiger partial charge is 0.271 e. The van der Waals surface area contributed by atoms with Gasteiger partial charge in [-0.25, -0.2) is 0 Å². The first-order chi connectivity index (χ1) is 9.22. The van der Waals surface area contributed by atoms with Gasteiger partial charge in [-0.2, -0.15) is 17.7 Å². The lowest BCUT2D eigenvalue weighted by molar-refractivity contribution is 0.0951. The van der Waals surface area contributed by atoms with Crippen LogP contribution in [-0.4, -0.2) is 28.4 Å². The number of nitrogens with one attached hydrogen (secondary N) is 2. The third-order valence-electron chi connectivity index (χ3n) is 2.99. The summed E-state index contributed by atoms with van der Waals surface area (Å²) in [5.41, 5.74) is 2.54. The molecule has 0 aliphatic heterocycles. The Morgan fingerprint density at radius 1 is 1.42 bits per heavy atom. The molecule has 1 amide bonds. The van der Waals surface area contributed by atoms with Crippen molar-refractivity contribution in [1.29, 1.82) is 0 Å². The summed E-state index contributed by atoms with van der Waals surface area (Å²) in [5, 5.41) is 9.73. The van der Waals surface area contributed by atoms with Gasteiger partial charge in [0.05, 0.1) is 0 Å². The summed E-state index contributed by atoms with van der Waals surface area (Å²) < 4.78 is 0. The Balaban J connectivity index is 2.10. The molecule has 0 aliphatic rings. The Morgan fingerprint density at radius 2 is 2.16 bits per heavy atom. The number of amides is 1. The van der Waals surface area contributed by atoms with Crippen molar-refractivity contribution < 1.29 is 4.79 Å². The van der Waals surface area contributed by atoms with E-state index < -0.39 is 0 Å². The van der Waals surface area contributed by atoms with E-state index in [1.807, 2.05) is 18.2 Å². The molecule has 2 aromatic rings. The maximum atomic E-state index is 11.7. The maximum absolute atomic E-state index is 11.7. The fraction of sp³-hybridized carbons (Fsp3) is 0.286. The van der Waals surface area contributed by atoms with Gasteiger partial charge >= 0.3 is 0 Å². The van der Waals surface area contributed by atoms with Crippen molar-refractivity contribution in [2.75, 3.05) is 12.3 Å². The van der Waals surface area contributed by atoms with Gasteiger partial charge in [-0.3, -0.25) is 9.89 Å². The van der Waals surface area contributed by atoms with Gasteiger partial charge in [0, 0.05) is 23.9 Å². The molecular formula is C14H17N3OS. The van der Waals surface area contributed by atoms with Crippen molar-refractivity contribution in [3.05, 3.63) is 53.3 Å². The molecule has 0 spiro atoms. The predicted octanol–water partition coefficient (Wildman–Crippen LogP) is 2.22. The molecule has 0 saturated carbocycles. The first-order valence-electron chi connectivity index (χ1n) is 6.21. The molecular weight excluding hydrogens is 258 g/mol. The molecule has 1 atom stereocenters. The molecule has 5 heteroatoms. The van der Waals surface area contributed by atoms with Crippen LogP contribution in [0.1, 0.15) is 34.6 Å². The van der Waals surface area contributed by atoms with Crippen LogP contribution < -0.4 is 5.32 Å². The molecule has 1 aromatic heterocycles. The number of H-pyrrole nitrogens is 1. The lowest BCUT2D eigenvalue weighted by Gasteiger charge is -2.08. The molecule has 0 aliphatic carbocycles. The first kappa shape index (κ1) is 13.7. The van der Waals surface area contributed by atoms with E-state index in [9.17, 15) is 4.79 Å². The number of thiol groups is 1. The number of hydrogen-bond donors (Lipinski definition) is 3. The van der Waals surface area contributed by atoms with Crippen LogP contribution in [0.25, 0.3) is 0 Å². The van der Waals surface area contributed by atoms with Gasteiger partial charge < -0.3 is 5.32 Å². The summed E-state index contributed by atoms with van der Waals surface area (Å²) >= 11 is 4.05. The van der Waals surface area contributed by atoms with Crippen molar-refractivity contribution in [1.82, 2.24) is 15.5 Å². The van der Waals surface area contributed by atoms with Crippen molar-refractivity contribution in [2.24, 2.45) is 0 Å². The monoisotopic (exact) mass is 275 g/mol. The highest BCUT2D eigenvalue weighted by atomic mass is 32.1. The Labute approximate surface area is 118 Å². The number of carbonyl (C=O) groups is 1. The van der Waals surface area contributed by atoms with Crippen molar-refractivity contribution in [3.8, 4) is 0 Å². The average Bonchev–Trinajstić information content (AvgIpc) is 2.94. The number of nitrogens with zero attached hydrogens (tertiary/aromatic N) is 1. The fourth-order valence-corrected chi connectivity index (χ4v) is 1.97. The second-order valence-corrected chi connectivity index (χ2v) is 4.77. The molecule has 1 heterocycles. The van der Waals surface area contributed by atoms with Crippen LogP contribution in [0.5, 0.6) is 0 Å². The fourth-order valence-electron chi connectivity index (χ4n) is 1.86. The Kier molecular flexibility index (Phi) is 4.63. The molecule has 4 nitrogen and oxygen atoms in total. The van der Waals surface area contributed by atoms with E-state index >= 15 is 0 Å². The number of hydrogen-bond acceptors (Lipinski definition) is 3. The van der Waals surface area contributed by atoms with Crippen LogP contribution in [-0.2, 0) is 0 Å². The van der Waals surface area contributed by atoms with E-state index in [4.69, 9.17) is 0 Å². The Bertz CT molecular complexity index is 539. The van der Waals surface area contributed by atoms with E-state index in [1.165, 1.54) is 5.56 Å². The number of benzene rings is 1. The van der Waals surface area contributed by atoms with Gasteiger partial charge in [0.25, 0.3) is 5.91 Å². The standard InChI is InChI=1S/C14H17N3OS/c1-10(11-5-3-2-4-6-11)12-9-13(17-16-12)14(18)15-7-8-19/h2-6,9-10,19H,7-8H2,1H3,(H,15,18)(H,16,17). The van der Waals surface area contributed by atoms with Gasteiger partial charge in [-0.05, 0) is 11.6 Å². The van der Waals surface area contributed by atoms with Gasteiger partial charge in [0.15, 0.2) is 0 Å².